The second kappa shape index (κ2) is 5.30. The minimum atomic E-state index is -0.273. The molecule has 2 atom stereocenters. The molecule has 3 aliphatic rings. The fraction of sp³-hybridized carbons (Fsp3) is 0.692. The number of hydrogen-bond acceptors (Lipinski definition) is 5. The molecule has 0 aromatic heterocycles. The van der Waals surface area contributed by atoms with Gasteiger partial charge in [0, 0.05) is 19.8 Å². The topological polar surface area (TPSA) is 68.8 Å². The molecule has 1 fully saturated rings. The summed E-state index contributed by atoms with van der Waals surface area (Å²) in [5, 5.41) is 9.63. The molecule has 0 aromatic carbocycles. The zero-order valence-corrected chi connectivity index (χ0v) is 11.2. The van der Waals surface area contributed by atoms with Crippen LogP contribution in [0, 0.1) is 5.92 Å². The van der Waals surface area contributed by atoms with Crippen molar-refractivity contribution in [1.82, 2.24) is 20.9 Å². The monoisotopic (exact) mass is 263 g/mol. The number of likely N-dealkylation sites (N-methyl/N-ethyl adjacent to an activating group) is 1. The highest BCUT2D eigenvalue weighted by Crippen LogP contribution is 2.15. The van der Waals surface area contributed by atoms with Crippen molar-refractivity contribution in [3.63, 3.8) is 0 Å². The highest BCUT2D eigenvalue weighted by atomic mass is 16.2. The molecule has 0 bridgehead atoms. The summed E-state index contributed by atoms with van der Waals surface area (Å²) in [6.45, 7) is 3.09. The minimum Gasteiger partial charge on any atom is -0.364 e. The van der Waals surface area contributed by atoms with Gasteiger partial charge in [-0.1, -0.05) is 0 Å². The molecule has 104 valence electrons. The van der Waals surface area contributed by atoms with Gasteiger partial charge in [0.15, 0.2) is 6.29 Å². The molecule has 6 nitrogen and oxygen atoms in total. The number of nitrogens with zero attached hydrogens (tertiary/aromatic N) is 2. The third-order valence-electron chi connectivity index (χ3n) is 4.03. The fourth-order valence-corrected chi connectivity index (χ4v) is 2.87. The van der Waals surface area contributed by atoms with Crippen LogP contribution in [-0.4, -0.2) is 55.5 Å². The number of hydrogen-bond donors (Lipinski definition) is 3. The normalized spacial score (nSPS) is 31.1. The van der Waals surface area contributed by atoms with Crippen molar-refractivity contribution in [3.8, 4) is 0 Å². The highest BCUT2D eigenvalue weighted by Gasteiger charge is 2.35. The van der Waals surface area contributed by atoms with Crippen molar-refractivity contribution >= 4 is 11.6 Å². The Morgan fingerprint density at radius 1 is 1.47 bits per heavy atom. The van der Waals surface area contributed by atoms with E-state index in [1.807, 2.05) is 24.2 Å². The number of piperidine rings is 1. The molecule has 6 heteroatoms. The van der Waals surface area contributed by atoms with Crippen LogP contribution in [0.2, 0.25) is 0 Å². The molecule has 0 spiro atoms. The van der Waals surface area contributed by atoms with Gasteiger partial charge in [-0.05, 0) is 37.9 Å². The standard InChI is InChI=1S/C13H21N5O/c1-18-7-4-10-11(18)12(19)17-13(16-10)15-8-9-2-5-14-6-3-9/h4,7,9,11,13-15H,2-3,5-6,8H2,1H3,(H,17,19). The van der Waals surface area contributed by atoms with Crippen molar-refractivity contribution in [1.29, 1.82) is 0 Å². The van der Waals surface area contributed by atoms with Gasteiger partial charge in [0.2, 0.25) is 0 Å². The summed E-state index contributed by atoms with van der Waals surface area (Å²) >= 11 is 0. The Bertz CT molecular complexity index is 413. The van der Waals surface area contributed by atoms with Gasteiger partial charge in [0.25, 0.3) is 5.91 Å². The van der Waals surface area contributed by atoms with Crippen molar-refractivity contribution < 1.29 is 4.79 Å². The zero-order chi connectivity index (χ0) is 13.2. The van der Waals surface area contributed by atoms with Gasteiger partial charge in [-0.15, -0.1) is 0 Å². The molecule has 3 rings (SSSR count). The molecule has 0 saturated carbocycles. The third kappa shape index (κ3) is 2.64. The Labute approximate surface area is 113 Å². The average molecular weight is 263 g/mol. The van der Waals surface area contributed by atoms with E-state index in [0.717, 1.165) is 25.3 Å². The number of nitrogens with one attached hydrogen (secondary N) is 3. The van der Waals surface area contributed by atoms with Gasteiger partial charge in [-0.2, -0.15) is 0 Å². The molecular weight excluding hydrogens is 242 g/mol. The van der Waals surface area contributed by atoms with Gasteiger partial charge in [-0.25, -0.2) is 4.99 Å². The summed E-state index contributed by atoms with van der Waals surface area (Å²) in [6, 6.07) is -0.239. The molecule has 0 aromatic rings. The van der Waals surface area contributed by atoms with Crippen molar-refractivity contribution in [2.75, 3.05) is 26.7 Å². The molecule has 1 saturated heterocycles. The number of amides is 1. The Balaban J connectivity index is 1.57. The van der Waals surface area contributed by atoms with E-state index < -0.39 is 0 Å². The quantitative estimate of drug-likeness (QED) is 0.627. The molecule has 3 N–H and O–H groups in total. The van der Waals surface area contributed by atoms with E-state index in [4.69, 9.17) is 0 Å². The first-order valence-corrected chi connectivity index (χ1v) is 6.96. The fourth-order valence-electron chi connectivity index (χ4n) is 2.87. The number of aliphatic imine (C=N–C) groups is 1. The highest BCUT2D eigenvalue weighted by molar-refractivity contribution is 6.16. The number of carbonyl (C=O) groups excluding carboxylic acids is 1. The first-order chi connectivity index (χ1) is 9.24. The Morgan fingerprint density at radius 3 is 3.05 bits per heavy atom. The lowest BCUT2D eigenvalue weighted by atomic mass is 9.98. The van der Waals surface area contributed by atoms with Crippen molar-refractivity contribution in [2.24, 2.45) is 10.9 Å². The molecule has 0 aliphatic carbocycles. The van der Waals surface area contributed by atoms with Gasteiger partial charge in [0.05, 0.1) is 5.71 Å². The van der Waals surface area contributed by atoms with Gasteiger partial charge in [0.1, 0.15) is 6.04 Å². The van der Waals surface area contributed by atoms with Gasteiger partial charge >= 0.3 is 0 Å². The van der Waals surface area contributed by atoms with E-state index in [1.54, 1.807) is 0 Å². The van der Waals surface area contributed by atoms with Crippen LogP contribution in [0.4, 0.5) is 0 Å². The average Bonchev–Trinajstić information content (AvgIpc) is 2.80. The molecule has 3 heterocycles. The van der Waals surface area contributed by atoms with Crippen LogP contribution in [-0.2, 0) is 4.79 Å². The van der Waals surface area contributed by atoms with E-state index in [-0.39, 0.29) is 18.2 Å². The van der Waals surface area contributed by atoms with E-state index in [1.165, 1.54) is 12.8 Å². The summed E-state index contributed by atoms with van der Waals surface area (Å²) in [6.07, 6.45) is 5.93. The second-order valence-corrected chi connectivity index (χ2v) is 5.45. The van der Waals surface area contributed by atoms with Crippen molar-refractivity contribution in [2.45, 2.75) is 25.2 Å². The summed E-state index contributed by atoms with van der Waals surface area (Å²) in [5.74, 6) is 0.707. The summed E-state index contributed by atoms with van der Waals surface area (Å²) in [7, 11) is 1.89. The lowest BCUT2D eigenvalue weighted by Gasteiger charge is -2.30. The van der Waals surface area contributed by atoms with E-state index in [0.29, 0.717) is 5.92 Å². The lowest BCUT2D eigenvalue weighted by Crippen LogP contribution is -2.57. The molecule has 3 aliphatic heterocycles. The first kappa shape index (κ1) is 12.6. The predicted molar refractivity (Wildman–Crippen MR) is 73.7 cm³/mol. The van der Waals surface area contributed by atoms with E-state index >= 15 is 0 Å². The van der Waals surface area contributed by atoms with Gasteiger partial charge < -0.3 is 15.5 Å². The van der Waals surface area contributed by atoms with Crippen LogP contribution in [0.1, 0.15) is 12.8 Å². The Hall–Kier alpha value is -1.40. The van der Waals surface area contributed by atoms with Crippen LogP contribution >= 0.6 is 0 Å². The Morgan fingerprint density at radius 2 is 2.26 bits per heavy atom. The largest absolute Gasteiger partial charge is 0.364 e. The first-order valence-electron chi connectivity index (χ1n) is 6.96. The maximum Gasteiger partial charge on any atom is 0.251 e. The number of fused-ring (bicyclic) bond motifs is 1. The molecule has 19 heavy (non-hydrogen) atoms. The van der Waals surface area contributed by atoms with Crippen LogP contribution in [0.15, 0.2) is 17.3 Å². The predicted octanol–water partition coefficient (Wildman–Crippen LogP) is -0.742. The SMILES string of the molecule is CN1C=CC2=NC(NCC3CCNCC3)NC(=O)C21. The molecule has 2 unspecified atom stereocenters. The molecule has 1 amide bonds. The number of carbonyl (C=O) groups is 1. The number of rotatable bonds is 3. The third-order valence-corrected chi connectivity index (χ3v) is 4.03. The minimum absolute atomic E-state index is 0.0281. The van der Waals surface area contributed by atoms with Crippen LogP contribution in [0.25, 0.3) is 0 Å². The maximum absolute atomic E-state index is 12.0. The maximum atomic E-state index is 12.0. The summed E-state index contributed by atoms with van der Waals surface area (Å²) < 4.78 is 0. The van der Waals surface area contributed by atoms with Crippen molar-refractivity contribution in [3.05, 3.63) is 12.3 Å². The lowest BCUT2D eigenvalue weighted by molar-refractivity contribution is -0.124. The second-order valence-electron chi connectivity index (χ2n) is 5.45. The van der Waals surface area contributed by atoms with Crippen LogP contribution < -0.4 is 16.0 Å². The molecular formula is C13H21N5O. The van der Waals surface area contributed by atoms with Crippen LogP contribution in [0.5, 0.6) is 0 Å². The Kier molecular flexibility index (Phi) is 3.52. The summed E-state index contributed by atoms with van der Waals surface area (Å²) in [5.41, 5.74) is 0.856. The summed E-state index contributed by atoms with van der Waals surface area (Å²) in [4.78, 5) is 18.5. The van der Waals surface area contributed by atoms with E-state index in [9.17, 15) is 4.79 Å². The molecule has 0 radical (unpaired) electrons. The van der Waals surface area contributed by atoms with E-state index in [2.05, 4.69) is 20.9 Å². The smallest absolute Gasteiger partial charge is 0.251 e. The van der Waals surface area contributed by atoms with Crippen LogP contribution in [0.3, 0.4) is 0 Å². The zero-order valence-electron chi connectivity index (χ0n) is 11.2. The van der Waals surface area contributed by atoms with Gasteiger partial charge in [-0.3, -0.25) is 10.1 Å².